The van der Waals surface area contributed by atoms with Crippen molar-refractivity contribution < 1.29 is 14.6 Å². The van der Waals surface area contributed by atoms with E-state index >= 15 is 0 Å². The van der Waals surface area contributed by atoms with Crippen LogP contribution in [-0.2, 0) is 4.74 Å². The summed E-state index contributed by atoms with van der Waals surface area (Å²) in [6, 6.07) is 6.23. The molecule has 0 atom stereocenters. The average Bonchev–Trinajstić information content (AvgIpc) is 2.15. The van der Waals surface area contributed by atoms with E-state index < -0.39 is 5.97 Å². The van der Waals surface area contributed by atoms with Gasteiger partial charge in [-0.1, -0.05) is 24.8 Å². The molecular weight excluding hydrogens is 377 g/mol. The molecule has 3 nitrogen and oxygen atoms in total. The first-order valence-electron chi connectivity index (χ1n) is 3.81. The van der Waals surface area contributed by atoms with E-state index in [0.29, 0.717) is 0 Å². The maximum absolute atomic E-state index is 11.2. The summed E-state index contributed by atoms with van der Waals surface area (Å²) in [4.78, 5) is 11.2. The van der Waals surface area contributed by atoms with Crippen LogP contribution in [-0.4, -0.2) is 43.9 Å². The van der Waals surface area contributed by atoms with Crippen LogP contribution in [0, 0.1) is 0 Å². The fourth-order valence-corrected chi connectivity index (χ4v) is 0.859. The quantitative estimate of drug-likeness (QED) is 0.466. The fraction of sp³-hybridized carbons (Fsp3) is 0.100. The summed E-state index contributed by atoms with van der Waals surface area (Å²) in [5.41, 5.74) is 0.171. The Kier molecular flexibility index (Phi) is 6.13. The van der Waals surface area contributed by atoms with E-state index in [4.69, 9.17) is 4.74 Å². The molecule has 0 aromatic heterocycles. The van der Waals surface area contributed by atoms with E-state index in [-0.39, 0.29) is 44.1 Å². The van der Waals surface area contributed by atoms with Crippen LogP contribution >= 0.6 is 0 Å². The molecule has 14 heavy (non-hydrogen) atoms. The van der Waals surface area contributed by atoms with Gasteiger partial charge in [0.15, 0.2) is 0 Å². The number of para-hydroxylation sites is 1. The Morgan fingerprint density at radius 2 is 2.14 bits per heavy atom. The van der Waals surface area contributed by atoms with Gasteiger partial charge < -0.3 is 9.84 Å². The molecular formula is C10H13BiO3. The van der Waals surface area contributed by atoms with Crippen LogP contribution in [0.1, 0.15) is 10.4 Å². The summed E-state index contributed by atoms with van der Waals surface area (Å²) in [6.07, 6.45) is 1.47. The van der Waals surface area contributed by atoms with E-state index in [1.807, 2.05) is 0 Å². The topological polar surface area (TPSA) is 46.5 Å². The van der Waals surface area contributed by atoms with E-state index in [9.17, 15) is 9.90 Å². The van der Waals surface area contributed by atoms with Gasteiger partial charge in [-0.15, -0.1) is 0 Å². The second kappa shape index (κ2) is 6.55. The van der Waals surface area contributed by atoms with Gasteiger partial charge in [0.2, 0.25) is 0 Å². The first-order valence-corrected chi connectivity index (χ1v) is 3.81. The molecule has 76 valence electrons. The summed E-state index contributed by atoms with van der Waals surface area (Å²) in [5, 5.41) is 9.25. The van der Waals surface area contributed by atoms with Crippen molar-refractivity contribution in [2.24, 2.45) is 0 Å². The number of esters is 1. The number of carbonyl (C=O) groups excluding carboxylic acids is 1. The number of rotatable bonds is 3. The van der Waals surface area contributed by atoms with Gasteiger partial charge in [-0.3, -0.25) is 0 Å². The van der Waals surface area contributed by atoms with E-state index in [0.717, 1.165) is 0 Å². The Bertz CT molecular complexity index is 323. The van der Waals surface area contributed by atoms with Gasteiger partial charge in [0.05, 0.1) is 0 Å². The van der Waals surface area contributed by atoms with Gasteiger partial charge in [-0.2, -0.15) is 0 Å². The van der Waals surface area contributed by atoms with Crippen molar-refractivity contribution in [3.63, 3.8) is 0 Å². The molecule has 0 saturated heterocycles. The number of hydrogen-bond acceptors (Lipinski definition) is 3. The molecule has 0 aliphatic heterocycles. The Balaban J connectivity index is 0.00000169. The second-order valence-corrected chi connectivity index (χ2v) is 2.40. The molecule has 0 aliphatic rings. The van der Waals surface area contributed by atoms with Gasteiger partial charge in [0.1, 0.15) is 17.9 Å². The van der Waals surface area contributed by atoms with Gasteiger partial charge in [-0.05, 0) is 12.1 Å². The first kappa shape index (κ1) is 13.1. The number of hydrogen-bond donors (Lipinski definition) is 1. The van der Waals surface area contributed by atoms with Crippen molar-refractivity contribution in [3.8, 4) is 5.75 Å². The monoisotopic (exact) mass is 390 g/mol. The SMILES string of the molecule is C=CCOC(=O)c1ccccc1O.[BiH3]. The zero-order chi connectivity index (χ0) is 9.68. The molecule has 0 heterocycles. The molecule has 0 saturated carbocycles. The van der Waals surface area contributed by atoms with Crippen molar-refractivity contribution in [1.82, 2.24) is 0 Å². The molecule has 4 heteroatoms. The third-order valence-corrected chi connectivity index (χ3v) is 1.46. The second-order valence-electron chi connectivity index (χ2n) is 2.40. The molecule has 0 spiro atoms. The van der Waals surface area contributed by atoms with Crippen molar-refractivity contribution in [2.75, 3.05) is 6.61 Å². The number of ether oxygens (including phenoxy) is 1. The molecule has 1 aromatic rings. The van der Waals surface area contributed by atoms with Crippen molar-refractivity contribution >= 4 is 32.2 Å². The minimum atomic E-state index is -0.544. The van der Waals surface area contributed by atoms with Crippen molar-refractivity contribution in [1.29, 1.82) is 0 Å². The van der Waals surface area contributed by atoms with Gasteiger partial charge in [-0.25, -0.2) is 4.79 Å². The van der Waals surface area contributed by atoms with Crippen LogP contribution in [0.15, 0.2) is 36.9 Å². The van der Waals surface area contributed by atoms with Crippen molar-refractivity contribution in [3.05, 3.63) is 42.5 Å². The van der Waals surface area contributed by atoms with Gasteiger partial charge >= 0.3 is 32.2 Å². The Morgan fingerprint density at radius 1 is 1.50 bits per heavy atom. The van der Waals surface area contributed by atoms with Crippen LogP contribution in [0.25, 0.3) is 0 Å². The van der Waals surface area contributed by atoms with Crippen molar-refractivity contribution in [2.45, 2.75) is 0 Å². The van der Waals surface area contributed by atoms with Gasteiger partial charge in [0.25, 0.3) is 0 Å². The zero-order valence-corrected chi connectivity index (χ0v) is 13.3. The maximum atomic E-state index is 11.2. The standard InChI is InChI=1S/C10H10O3.Bi.3H/c1-2-7-13-10(12)8-5-3-4-6-9(8)11;;;;/h2-6,11H,1,7H2;;;;. The third kappa shape index (κ3) is 3.46. The molecule has 1 aromatic carbocycles. The van der Waals surface area contributed by atoms with E-state index in [2.05, 4.69) is 6.58 Å². The summed E-state index contributed by atoms with van der Waals surface area (Å²) in [6.45, 7) is 3.56. The number of carbonyl (C=O) groups is 1. The number of benzene rings is 1. The van der Waals surface area contributed by atoms with Crippen LogP contribution in [0.4, 0.5) is 0 Å². The molecule has 0 radical (unpaired) electrons. The molecule has 0 fully saturated rings. The number of phenols is 1. The zero-order valence-electron chi connectivity index (χ0n) is 7.77. The molecule has 1 N–H and O–H groups in total. The van der Waals surface area contributed by atoms with Crippen LogP contribution in [0.3, 0.4) is 0 Å². The first-order chi connectivity index (χ1) is 6.25. The number of aromatic hydroxyl groups is 1. The Labute approximate surface area is 102 Å². The third-order valence-electron chi connectivity index (χ3n) is 1.46. The summed E-state index contributed by atoms with van der Waals surface area (Å²) in [5.74, 6) is -0.616. The molecule has 1 rings (SSSR count). The fourth-order valence-electron chi connectivity index (χ4n) is 0.859. The predicted octanol–water partition coefficient (Wildman–Crippen LogP) is 0.551. The molecule has 0 aliphatic carbocycles. The van der Waals surface area contributed by atoms with Crippen LogP contribution in [0.2, 0.25) is 0 Å². The molecule has 0 unspecified atom stereocenters. The van der Waals surface area contributed by atoms with Crippen LogP contribution in [0.5, 0.6) is 5.75 Å². The summed E-state index contributed by atoms with van der Waals surface area (Å²) >= 11 is 0. The minimum absolute atomic E-state index is 0. The normalized spacial score (nSPS) is 8.57. The Hall–Kier alpha value is -0.887. The summed E-state index contributed by atoms with van der Waals surface area (Å²) in [7, 11) is 0. The van der Waals surface area contributed by atoms with Gasteiger partial charge in [0, 0.05) is 0 Å². The molecule has 0 amide bonds. The number of phenolic OH excluding ortho intramolecular Hbond substituents is 1. The summed E-state index contributed by atoms with van der Waals surface area (Å²) < 4.78 is 4.74. The predicted molar refractivity (Wildman–Crippen MR) is 58.5 cm³/mol. The van der Waals surface area contributed by atoms with E-state index in [1.165, 1.54) is 18.2 Å². The molecule has 0 bridgehead atoms. The Morgan fingerprint density at radius 3 is 2.71 bits per heavy atom. The average molecular weight is 390 g/mol. The van der Waals surface area contributed by atoms with E-state index in [1.54, 1.807) is 12.1 Å². The van der Waals surface area contributed by atoms with Crippen LogP contribution < -0.4 is 0 Å².